The molecule has 17 heavy (non-hydrogen) atoms. The highest BCUT2D eigenvalue weighted by Gasteiger charge is 2.11. The minimum absolute atomic E-state index is 0.00411. The van der Waals surface area contributed by atoms with Gasteiger partial charge in [0.15, 0.2) is 0 Å². The van der Waals surface area contributed by atoms with Gasteiger partial charge < -0.3 is 19.7 Å². The maximum Gasteiger partial charge on any atom is 0.267 e. The summed E-state index contributed by atoms with van der Waals surface area (Å²) in [5, 5.41) is 11.3. The molecule has 0 unspecified atom stereocenters. The smallest absolute Gasteiger partial charge is 0.267 e. The predicted octanol–water partition coefficient (Wildman–Crippen LogP) is 0.808. The monoisotopic (exact) mass is 240 g/mol. The van der Waals surface area contributed by atoms with Crippen molar-refractivity contribution in [3.63, 3.8) is 0 Å². The van der Waals surface area contributed by atoms with Crippen LogP contribution < -0.4 is 5.32 Å². The molecule has 0 aliphatic carbocycles. The Hall–Kier alpha value is -1.33. The highest BCUT2D eigenvalue weighted by molar-refractivity contribution is 5.92. The van der Waals surface area contributed by atoms with Crippen LogP contribution in [0.1, 0.15) is 30.4 Å². The van der Waals surface area contributed by atoms with E-state index in [1.807, 2.05) is 30.7 Å². The summed E-state index contributed by atoms with van der Waals surface area (Å²) in [6.45, 7) is 5.22. The second kappa shape index (κ2) is 7.09. The van der Waals surface area contributed by atoms with Crippen LogP contribution in [-0.2, 0) is 4.74 Å². The molecular formula is C12H20N2O3. The molecule has 0 aliphatic rings. The fourth-order valence-corrected chi connectivity index (χ4v) is 1.53. The average molecular weight is 240 g/mol. The van der Waals surface area contributed by atoms with Gasteiger partial charge in [-0.05, 0) is 26.0 Å². The maximum absolute atomic E-state index is 11.8. The number of aromatic nitrogens is 1. The first-order valence-electron chi connectivity index (χ1n) is 5.80. The molecule has 0 saturated carbocycles. The molecule has 5 heteroatoms. The molecule has 1 aromatic rings. The lowest BCUT2D eigenvalue weighted by Gasteiger charge is -2.12. The van der Waals surface area contributed by atoms with Crippen molar-refractivity contribution in [1.82, 2.24) is 9.88 Å². The summed E-state index contributed by atoms with van der Waals surface area (Å²) in [4.78, 5) is 11.8. The quantitative estimate of drug-likeness (QED) is 0.693. The van der Waals surface area contributed by atoms with Crippen LogP contribution in [0.15, 0.2) is 18.3 Å². The average Bonchev–Trinajstić information content (AvgIpc) is 2.77. The molecule has 5 nitrogen and oxygen atoms in total. The van der Waals surface area contributed by atoms with E-state index in [2.05, 4.69) is 5.32 Å². The minimum Gasteiger partial charge on any atom is -0.394 e. The van der Waals surface area contributed by atoms with Gasteiger partial charge in [0.2, 0.25) is 0 Å². The van der Waals surface area contributed by atoms with Crippen molar-refractivity contribution in [3.8, 4) is 0 Å². The molecular weight excluding hydrogens is 220 g/mol. The molecule has 0 atom stereocenters. The molecule has 2 N–H and O–H groups in total. The Kier molecular flexibility index (Phi) is 5.72. The van der Waals surface area contributed by atoms with E-state index in [1.165, 1.54) is 0 Å². The molecule has 0 radical (unpaired) electrons. The van der Waals surface area contributed by atoms with Crippen LogP contribution >= 0.6 is 0 Å². The van der Waals surface area contributed by atoms with Gasteiger partial charge in [0, 0.05) is 18.8 Å². The van der Waals surface area contributed by atoms with Crippen molar-refractivity contribution in [2.75, 3.05) is 26.4 Å². The predicted molar refractivity (Wildman–Crippen MR) is 65.1 cm³/mol. The van der Waals surface area contributed by atoms with Crippen molar-refractivity contribution < 1.29 is 14.6 Å². The molecule has 0 bridgehead atoms. The standard InChI is InChI=1S/C12H20N2O3/c1-10(2)14-6-3-4-11(14)12(16)13-5-8-17-9-7-15/h3-4,6,10,15H,5,7-9H2,1-2H3,(H,13,16). The first-order valence-corrected chi connectivity index (χ1v) is 5.80. The molecule has 0 spiro atoms. The summed E-state index contributed by atoms with van der Waals surface area (Å²) in [5.41, 5.74) is 0.655. The van der Waals surface area contributed by atoms with Crippen molar-refractivity contribution >= 4 is 5.91 Å². The summed E-state index contributed by atoms with van der Waals surface area (Å²) in [7, 11) is 0. The topological polar surface area (TPSA) is 63.5 Å². The molecule has 0 fully saturated rings. The number of hydrogen-bond donors (Lipinski definition) is 2. The number of nitrogens with one attached hydrogen (secondary N) is 1. The third-order valence-corrected chi connectivity index (χ3v) is 2.34. The first kappa shape index (κ1) is 13.7. The van der Waals surface area contributed by atoms with E-state index in [0.717, 1.165) is 0 Å². The van der Waals surface area contributed by atoms with Crippen molar-refractivity contribution in [2.24, 2.45) is 0 Å². The Morgan fingerprint density at radius 3 is 2.94 bits per heavy atom. The van der Waals surface area contributed by atoms with E-state index in [1.54, 1.807) is 6.07 Å². The van der Waals surface area contributed by atoms with Crippen LogP contribution in [0, 0.1) is 0 Å². The highest BCUT2D eigenvalue weighted by Crippen LogP contribution is 2.10. The van der Waals surface area contributed by atoms with Gasteiger partial charge in [-0.1, -0.05) is 0 Å². The lowest BCUT2D eigenvalue weighted by Crippen LogP contribution is -2.29. The van der Waals surface area contributed by atoms with Crippen molar-refractivity contribution in [2.45, 2.75) is 19.9 Å². The van der Waals surface area contributed by atoms with Gasteiger partial charge in [-0.25, -0.2) is 0 Å². The molecule has 1 heterocycles. The second-order valence-corrected chi connectivity index (χ2v) is 3.99. The Morgan fingerprint density at radius 2 is 2.29 bits per heavy atom. The van der Waals surface area contributed by atoms with Gasteiger partial charge in [-0.15, -0.1) is 0 Å². The Labute approximate surface area is 101 Å². The zero-order chi connectivity index (χ0) is 12.7. The van der Waals surface area contributed by atoms with Gasteiger partial charge in [0.25, 0.3) is 5.91 Å². The lowest BCUT2D eigenvalue weighted by molar-refractivity contribution is 0.0832. The molecule has 96 valence electrons. The molecule has 1 aromatic heterocycles. The van der Waals surface area contributed by atoms with E-state index >= 15 is 0 Å². The lowest BCUT2D eigenvalue weighted by atomic mass is 10.3. The number of aliphatic hydroxyl groups is 1. The number of rotatable bonds is 7. The van der Waals surface area contributed by atoms with Crippen LogP contribution in [0.3, 0.4) is 0 Å². The zero-order valence-corrected chi connectivity index (χ0v) is 10.3. The van der Waals surface area contributed by atoms with Gasteiger partial charge >= 0.3 is 0 Å². The summed E-state index contributed by atoms with van der Waals surface area (Å²) in [6.07, 6.45) is 1.89. The van der Waals surface area contributed by atoms with Crippen LogP contribution in [0.25, 0.3) is 0 Å². The van der Waals surface area contributed by atoms with Crippen molar-refractivity contribution in [1.29, 1.82) is 0 Å². The SMILES string of the molecule is CC(C)n1cccc1C(=O)NCCOCCO. The second-order valence-electron chi connectivity index (χ2n) is 3.99. The Balaban J connectivity index is 2.39. The summed E-state index contributed by atoms with van der Waals surface area (Å²) in [6, 6.07) is 3.91. The number of hydrogen-bond acceptors (Lipinski definition) is 3. The van der Waals surface area contributed by atoms with E-state index in [4.69, 9.17) is 9.84 Å². The molecule has 0 aromatic carbocycles. The largest absolute Gasteiger partial charge is 0.394 e. The van der Waals surface area contributed by atoms with E-state index in [0.29, 0.717) is 25.5 Å². The fourth-order valence-electron chi connectivity index (χ4n) is 1.53. The number of carbonyl (C=O) groups is 1. The summed E-state index contributed by atoms with van der Waals surface area (Å²) in [5.74, 6) is -0.101. The third kappa shape index (κ3) is 4.20. The zero-order valence-electron chi connectivity index (χ0n) is 10.3. The summed E-state index contributed by atoms with van der Waals surface area (Å²) >= 11 is 0. The van der Waals surface area contributed by atoms with Gasteiger partial charge in [0.1, 0.15) is 5.69 Å². The maximum atomic E-state index is 11.8. The Morgan fingerprint density at radius 1 is 1.53 bits per heavy atom. The third-order valence-electron chi connectivity index (χ3n) is 2.34. The first-order chi connectivity index (χ1) is 8.16. The van der Waals surface area contributed by atoms with Crippen LogP contribution in [0.4, 0.5) is 0 Å². The minimum atomic E-state index is -0.101. The number of amides is 1. The molecule has 1 amide bonds. The summed E-state index contributed by atoms with van der Waals surface area (Å²) < 4.78 is 6.98. The number of nitrogens with zero attached hydrogens (tertiary/aromatic N) is 1. The molecule has 0 saturated heterocycles. The van der Waals surface area contributed by atoms with E-state index in [9.17, 15) is 4.79 Å². The van der Waals surface area contributed by atoms with Gasteiger partial charge in [-0.3, -0.25) is 4.79 Å². The van der Waals surface area contributed by atoms with Gasteiger partial charge in [-0.2, -0.15) is 0 Å². The normalized spacial score (nSPS) is 10.8. The van der Waals surface area contributed by atoms with Crippen LogP contribution in [0.5, 0.6) is 0 Å². The van der Waals surface area contributed by atoms with Gasteiger partial charge in [0.05, 0.1) is 19.8 Å². The van der Waals surface area contributed by atoms with Crippen LogP contribution in [-0.4, -0.2) is 41.9 Å². The fraction of sp³-hybridized carbons (Fsp3) is 0.583. The van der Waals surface area contributed by atoms with Crippen LogP contribution in [0.2, 0.25) is 0 Å². The molecule has 0 aliphatic heterocycles. The van der Waals surface area contributed by atoms with E-state index < -0.39 is 0 Å². The number of aliphatic hydroxyl groups excluding tert-OH is 1. The number of carbonyl (C=O) groups excluding carboxylic acids is 1. The highest BCUT2D eigenvalue weighted by atomic mass is 16.5. The molecule has 1 rings (SSSR count). The van der Waals surface area contributed by atoms with Crippen molar-refractivity contribution in [3.05, 3.63) is 24.0 Å². The Bertz CT molecular complexity index is 347. The number of ether oxygens (including phenoxy) is 1. The van der Waals surface area contributed by atoms with E-state index in [-0.39, 0.29) is 18.6 Å².